The first-order valence-corrected chi connectivity index (χ1v) is 9.24. The van der Waals surface area contributed by atoms with E-state index in [1.54, 1.807) is 4.57 Å². The highest BCUT2D eigenvalue weighted by atomic mass is 16.6. The summed E-state index contributed by atoms with van der Waals surface area (Å²) in [5, 5.41) is 20.9. The van der Waals surface area contributed by atoms with E-state index in [0.717, 1.165) is 6.42 Å². The molecule has 9 nitrogen and oxygen atoms in total. The Labute approximate surface area is 151 Å². The van der Waals surface area contributed by atoms with Gasteiger partial charge < -0.3 is 26.4 Å². The molecule has 0 spiro atoms. The molecule has 0 amide bonds. The Morgan fingerprint density at radius 1 is 1.15 bits per heavy atom. The van der Waals surface area contributed by atoms with Gasteiger partial charge in [-0.05, 0) is 18.8 Å². The number of nitrogens with zero attached hydrogens (tertiary/aromatic N) is 4. The predicted molar refractivity (Wildman–Crippen MR) is 94.8 cm³/mol. The Morgan fingerprint density at radius 3 is 2.69 bits per heavy atom. The number of aliphatic hydroxyl groups excluding tert-OH is 2. The first-order chi connectivity index (χ1) is 12.5. The number of fused-ring (bicyclic) bond motifs is 1. The molecule has 2 aliphatic rings. The van der Waals surface area contributed by atoms with Crippen molar-refractivity contribution in [2.45, 2.75) is 69.1 Å². The second-order valence-corrected chi connectivity index (χ2v) is 7.51. The van der Waals surface area contributed by atoms with E-state index >= 15 is 0 Å². The summed E-state index contributed by atoms with van der Waals surface area (Å²) in [4.78, 5) is 12.3. The van der Waals surface area contributed by atoms with Crippen molar-refractivity contribution in [2.75, 3.05) is 5.73 Å². The number of anilines is 1. The lowest BCUT2D eigenvalue weighted by atomic mass is 9.94. The molecule has 0 aromatic carbocycles. The third kappa shape index (κ3) is 3.16. The largest absolute Gasteiger partial charge is 0.388 e. The van der Waals surface area contributed by atoms with Gasteiger partial charge in [0.1, 0.15) is 24.1 Å². The molecule has 26 heavy (non-hydrogen) atoms. The highest BCUT2D eigenvalue weighted by Gasteiger charge is 2.44. The minimum atomic E-state index is -1.09. The SMILES string of the molecule is Nc1ncnc2c1ncn2[C@@H]1O[C@H](CC(N)CC2CCCC2)[C@@H](O)[C@H]1O. The van der Waals surface area contributed by atoms with Crippen LogP contribution in [0.25, 0.3) is 11.2 Å². The molecule has 1 saturated carbocycles. The standard InChI is InChI=1S/C17H26N6O3/c18-10(5-9-3-1-2-4-9)6-11-13(24)14(25)17(26-11)23-8-22-12-15(19)20-7-21-16(12)23/h7-11,13-14,17,24-25H,1-6,18H2,(H2,19,20,21)/t10?,11-,13-,14-,17-/m1/s1. The Kier molecular flexibility index (Phi) is 4.78. The van der Waals surface area contributed by atoms with Gasteiger partial charge in [0.15, 0.2) is 17.7 Å². The third-order valence-corrected chi connectivity index (χ3v) is 5.64. The summed E-state index contributed by atoms with van der Waals surface area (Å²) < 4.78 is 7.54. The highest BCUT2D eigenvalue weighted by molar-refractivity contribution is 5.81. The Morgan fingerprint density at radius 2 is 1.92 bits per heavy atom. The molecule has 5 atom stereocenters. The van der Waals surface area contributed by atoms with Gasteiger partial charge in [0.25, 0.3) is 0 Å². The Bertz CT molecular complexity index is 762. The van der Waals surface area contributed by atoms with E-state index < -0.39 is 24.5 Å². The van der Waals surface area contributed by atoms with Crippen LogP contribution in [0.3, 0.4) is 0 Å². The monoisotopic (exact) mass is 362 g/mol. The van der Waals surface area contributed by atoms with Crippen LogP contribution in [0.2, 0.25) is 0 Å². The summed E-state index contributed by atoms with van der Waals surface area (Å²) in [7, 11) is 0. The smallest absolute Gasteiger partial charge is 0.167 e. The topological polar surface area (TPSA) is 145 Å². The number of nitrogen functional groups attached to an aromatic ring is 1. The molecule has 1 aliphatic heterocycles. The van der Waals surface area contributed by atoms with E-state index in [1.807, 2.05) is 0 Å². The number of aromatic nitrogens is 4. The maximum Gasteiger partial charge on any atom is 0.167 e. The zero-order chi connectivity index (χ0) is 18.3. The Balaban J connectivity index is 1.47. The van der Waals surface area contributed by atoms with E-state index in [0.29, 0.717) is 23.5 Å². The first kappa shape index (κ1) is 17.6. The number of hydrogen-bond donors (Lipinski definition) is 4. The summed E-state index contributed by atoms with van der Waals surface area (Å²) in [6, 6.07) is -0.0544. The summed E-state index contributed by atoms with van der Waals surface area (Å²) in [5.74, 6) is 0.929. The van der Waals surface area contributed by atoms with Crippen LogP contribution < -0.4 is 11.5 Å². The molecule has 1 saturated heterocycles. The van der Waals surface area contributed by atoms with Gasteiger partial charge in [-0.3, -0.25) is 4.57 Å². The zero-order valence-electron chi connectivity index (χ0n) is 14.6. The molecule has 2 fully saturated rings. The fraction of sp³-hybridized carbons (Fsp3) is 0.706. The normalized spacial score (nSPS) is 31.0. The van der Waals surface area contributed by atoms with Gasteiger partial charge in [-0.2, -0.15) is 0 Å². The highest BCUT2D eigenvalue weighted by Crippen LogP contribution is 2.35. The van der Waals surface area contributed by atoms with Crippen LogP contribution in [-0.2, 0) is 4.74 Å². The van der Waals surface area contributed by atoms with Crippen molar-refractivity contribution in [3.8, 4) is 0 Å². The molecule has 1 unspecified atom stereocenters. The average Bonchev–Trinajstić information content (AvgIpc) is 3.32. The third-order valence-electron chi connectivity index (χ3n) is 5.64. The maximum atomic E-state index is 10.5. The van der Waals surface area contributed by atoms with Gasteiger partial charge in [0, 0.05) is 6.04 Å². The van der Waals surface area contributed by atoms with E-state index in [4.69, 9.17) is 16.2 Å². The lowest BCUT2D eigenvalue weighted by Crippen LogP contribution is -2.36. The number of hydrogen-bond acceptors (Lipinski definition) is 8. The van der Waals surface area contributed by atoms with Crippen molar-refractivity contribution >= 4 is 17.0 Å². The van der Waals surface area contributed by atoms with E-state index in [2.05, 4.69) is 15.0 Å². The van der Waals surface area contributed by atoms with Crippen LogP contribution >= 0.6 is 0 Å². The van der Waals surface area contributed by atoms with E-state index in [9.17, 15) is 10.2 Å². The number of nitrogens with two attached hydrogens (primary N) is 2. The Hall–Kier alpha value is -1.81. The van der Waals surface area contributed by atoms with Gasteiger partial charge in [0.05, 0.1) is 12.4 Å². The van der Waals surface area contributed by atoms with Gasteiger partial charge in [-0.1, -0.05) is 25.7 Å². The molecule has 0 radical (unpaired) electrons. The molecule has 4 rings (SSSR count). The summed E-state index contributed by atoms with van der Waals surface area (Å²) in [5.41, 5.74) is 13.0. The second-order valence-electron chi connectivity index (χ2n) is 7.51. The van der Waals surface area contributed by atoms with Crippen molar-refractivity contribution in [1.29, 1.82) is 0 Å². The molecular weight excluding hydrogens is 336 g/mol. The van der Waals surface area contributed by atoms with Crippen molar-refractivity contribution in [3.63, 3.8) is 0 Å². The molecule has 0 bridgehead atoms. The van der Waals surface area contributed by atoms with Crippen LogP contribution in [0.5, 0.6) is 0 Å². The molecule has 2 aromatic heterocycles. The lowest BCUT2D eigenvalue weighted by molar-refractivity contribution is -0.0390. The molecule has 2 aromatic rings. The minimum Gasteiger partial charge on any atom is -0.388 e. The van der Waals surface area contributed by atoms with Crippen molar-refractivity contribution in [3.05, 3.63) is 12.7 Å². The number of aliphatic hydroxyl groups is 2. The molecule has 142 valence electrons. The zero-order valence-corrected chi connectivity index (χ0v) is 14.6. The van der Waals surface area contributed by atoms with Gasteiger partial charge in [-0.15, -0.1) is 0 Å². The second kappa shape index (κ2) is 7.07. The molecule has 3 heterocycles. The molecule has 1 aliphatic carbocycles. The van der Waals surface area contributed by atoms with Crippen molar-refractivity contribution < 1.29 is 14.9 Å². The fourth-order valence-electron chi connectivity index (χ4n) is 4.28. The van der Waals surface area contributed by atoms with Crippen LogP contribution in [0.15, 0.2) is 12.7 Å². The molecule has 6 N–H and O–H groups in total. The van der Waals surface area contributed by atoms with E-state index in [1.165, 1.54) is 38.3 Å². The van der Waals surface area contributed by atoms with Crippen LogP contribution in [-0.4, -0.2) is 54.1 Å². The number of rotatable bonds is 5. The summed E-state index contributed by atoms with van der Waals surface area (Å²) in [6.07, 6.45) is 5.89. The van der Waals surface area contributed by atoms with Crippen LogP contribution in [0, 0.1) is 5.92 Å². The summed E-state index contributed by atoms with van der Waals surface area (Å²) >= 11 is 0. The predicted octanol–water partition coefficient (Wildman–Crippen LogP) is 0.325. The lowest BCUT2D eigenvalue weighted by Gasteiger charge is -2.21. The first-order valence-electron chi connectivity index (χ1n) is 9.24. The van der Waals surface area contributed by atoms with Crippen LogP contribution in [0.4, 0.5) is 5.82 Å². The average molecular weight is 362 g/mol. The van der Waals surface area contributed by atoms with Crippen molar-refractivity contribution in [2.24, 2.45) is 11.7 Å². The van der Waals surface area contributed by atoms with Crippen molar-refractivity contribution in [1.82, 2.24) is 19.5 Å². The number of imidazole rings is 1. The van der Waals surface area contributed by atoms with Gasteiger partial charge in [-0.25, -0.2) is 15.0 Å². The maximum absolute atomic E-state index is 10.5. The quantitative estimate of drug-likeness (QED) is 0.595. The molecular formula is C17H26N6O3. The molecule has 9 heteroatoms. The minimum absolute atomic E-state index is 0.0544. The summed E-state index contributed by atoms with van der Waals surface area (Å²) in [6.45, 7) is 0. The van der Waals surface area contributed by atoms with Gasteiger partial charge >= 0.3 is 0 Å². The van der Waals surface area contributed by atoms with E-state index in [-0.39, 0.29) is 11.9 Å². The fourth-order valence-corrected chi connectivity index (χ4v) is 4.28. The van der Waals surface area contributed by atoms with Gasteiger partial charge in [0.2, 0.25) is 0 Å². The number of ether oxygens (including phenoxy) is 1. The van der Waals surface area contributed by atoms with Crippen LogP contribution in [0.1, 0.15) is 44.8 Å².